The van der Waals surface area contributed by atoms with Gasteiger partial charge in [0.2, 0.25) is 0 Å². The molecule has 156 valence electrons. The highest BCUT2D eigenvalue weighted by Gasteiger charge is 2.19. The van der Waals surface area contributed by atoms with Crippen LogP contribution in [0, 0.1) is 0 Å². The third-order valence-corrected chi connectivity index (χ3v) is 5.55. The lowest BCUT2D eigenvalue weighted by Crippen LogP contribution is -2.25. The second-order valence-corrected chi connectivity index (χ2v) is 7.56. The highest BCUT2D eigenvalue weighted by Crippen LogP contribution is 2.22. The van der Waals surface area contributed by atoms with Gasteiger partial charge in [-0.05, 0) is 30.3 Å². The quantitative estimate of drug-likeness (QED) is 0.335. The molecule has 0 aliphatic carbocycles. The molecule has 1 N–H and O–H groups in total. The maximum Gasteiger partial charge on any atom is 0.262 e. The minimum Gasteiger partial charge on any atom is -0.467 e. The SMILES string of the molecule is C=CCn1c(SCC2OCCO2)nc2cc(C(=O)NCc3ccco3)ccc2c1=O. The van der Waals surface area contributed by atoms with Crippen molar-refractivity contribution in [3.63, 3.8) is 0 Å². The molecular formula is C21H21N3O5S. The van der Waals surface area contributed by atoms with Crippen molar-refractivity contribution in [2.24, 2.45) is 0 Å². The number of ether oxygens (including phenoxy) is 2. The van der Waals surface area contributed by atoms with Crippen molar-refractivity contribution in [1.82, 2.24) is 14.9 Å². The fraction of sp³-hybridized carbons (Fsp3) is 0.286. The van der Waals surface area contributed by atoms with E-state index >= 15 is 0 Å². The molecule has 2 aromatic heterocycles. The fourth-order valence-corrected chi connectivity index (χ4v) is 4.02. The molecule has 9 heteroatoms. The smallest absolute Gasteiger partial charge is 0.262 e. The first-order chi connectivity index (χ1) is 14.7. The number of aromatic nitrogens is 2. The number of fused-ring (bicyclic) bond motifs is 1. The van der Waals surface area contributed by atoms with E-state index in [2.05, 4.69) is 16.9 Å². The Hall–Kier alpha value is -2.88. The zero-order chi connectivity index (χ0) is 20.9. The molecule has 1 amide bonds. The van der Waals surface area contributed by atoms with Crippen molar-refractivity contribution in [1.29, 1.82) is 0 Å². The Kier molecular flexibility index (Phi) is 6.32. The molecule has 0 spiro atoms. The van der Waals surface area contributed by atoms with Crippen LogP contribution in [0.4, 0.5) is 0 Å². The van der Waals surface area contributed by atoms with E-state index in [0.29, 0.717) is 52.9 Å². The predicted octanol–water partition coefficient (Wildman–Crippen LogP) is 2.57. The average molecular weight is 427 g/mol. The molecule has 1 aromatic carbocycles. The zero-order valence-corrected chi connectivity index (χ0v) is 17.0. The summed E-state index contributed by atoms with van der Waals surface area (Å²) in [5, 5.41) is 3.76. The van der Waals surface area contributed by atoms with E-state index in [1.165, 1.54) is 11.8 Å². The van der Waals surface area contributed by atoms with Gasteiger partial charge in [-0.3, -0.25) is 14.2 Å². The molecule has 8 nitrogen and oxygen atoms in total. The summed E-state index contributed by atoms with van der Waals surface area (Å²) in [5.74, 6) is 0.898. The number of allylic oxidation sites excluding steroid dienone is 1. The Morgan fingerprint density at radius 2 is 2.17 bits per heavy atom. The van der Waals surface area contributed by atoms with Crippen LogP contribution in [0.25, 0.3) is 10.9 Å². The third-order valence-electron chi connectivity index (χ3n) is 4.54. The molecule has 30 heavy (non-hydrogen) atoms. The minimum absolute atomic E-state index is 0.182. The lowest BCUT2D eigenvalue weighted by atomic mass is 10.1. The highest BCUT2D eigenvalue weighted by atomic mass is 32.2. The van der Waals surface area contributed by atoms with Crippen LogP contribution < -0.4 is 10.9 Å². The van der Waals surface area contributed by atoms with Crippen molar-refractivity contribution in [3.05, 3.63) is 70.9 Å². The second-order valence-electron chi connectivity index (χ2n) is 6.57. The van der Waals surface area contributed by atoms with Crippen molar-refractivity contribution in [2.75, 3.05) is 19.0 Å². The number of carbonyl (C=O) groups excluding carboxylic acids is 1. The summed E-state index contributed by atoms with van der Waals surface area (Å²) in [7, 11) is 0. The number of nitrogens with one attached hydrogen (secondary N) is 1. The molecule has 3 aromatic rings. The summed E-state index contributed by atoms with van der Waals surface area (Å²) < 4.78 is 17.7. The Morgan fingerprint density at radius 1 is 1.33 bits per heavy atom. The van der Waals surface area contributed by atoms with Crippen LogP contribution in [0.15, 0.2) is 63.6 Å². The Morgan fingerprint density at radius 3 is 2.90 bits per heavy atom. The molecular weight excluding hydrogens is 406 g/mol. The minimum atomic E-state index is -0.321. The summed E-state index contributed by atoms with van der Waals surface area (Å²) >= 11 is 1.38. The number of nitrogens with zero attached hydrogens (tertiary/aromatic N) is 2. The largest absolute Gasteiger partial charge is 0.467 e. The molecule has 0 radical (unpaired) electrons. The summed E-state index contributed by atoms with van der Waals surface area (Å²) in [6.45, 7) is 5.47. The Bertz CT molecular complexity index is 1100. The maximum atomic E-state index is 13.0. The number of carbonyl (C=O) groups is 1. The fourth-order valence-electron chi connectivity index (χ4n) is 3.07. The van der Waals surface area contributed by atoms with E-state index < -0.39 is 0 Å². The molecule has 1 aliphatic heterocycles. The van der Waals surface area contributed by atoms with E-state index in [0.717, 1.165) is 0 Å². The van der Waals surface area contributed by atoms with E-state index in [-0.39, 0.29) is 24.3 Å². The average Bonchev–Trinajstić information content (AvgIpc) is 3.46. The van der Waals surface area contributed by atoms with E-state index in [9.17, 15) is 9.59 Å². The van der Waals surface area contributed by atoms with E-state index in [1.54, 1.807) is 47.2 Å². The monoisotopic (exact) mass is 427 g/mol. The Balaban J connectivity index is 1.60. The van der Waals surface area contributed by atoms with Gasteiger partial charge in [0.1, 0.15) is 5.76 Å². The predicted molar refractivity (Wildman–Crippen MR) is 112 cm³/mol. The molecule has 0 saturated carbocycles. The lowest BCUT2D eigenvalue weighted by Gasteiger charge is -2.13. The summed E-state index contributed by atoms with van der Waals surface area (Å²) in [5.41, 5.74) is 0.695. The number of hydrogen-bond donors (Lipinski definition) is 1. The number of furan rings is 1. The van der Waals surface area contributed by atoms with Crippen LogP contribution in [0.5, 0.6) is 0 Å². The van der Waals surface area contributed by atoms with Crippen LogP contribution >= 0.6 is 11.8 Å². The number of hydrogen-bond acceptors (Lipinski definition) is 7. The maximum absolute atomic E-state index is 13.0. The number of amides is 1. The van der Waals surface area contributed by atoms with Gasteiger partial charge in [-0.2, -0.15) is 0 Å². The van der Waals surface area contributed by atoms with Crippen LogP contribution in [-0.4, -0.2) is 40.7 Å². The summed E-state index contributed by atoms with van der Waals surface area (Å²) in [4.78, 5) is 30.1. The first-order valence-corrected chi connectivity index (χ1v) is 10.5. The molecule has 0 bridgehead atoms. The van der Waals surface area contributed by atoms with Crippen LogP contribution in [0.2, 0.25) is 0 Å². The molecule has 0 unspecified atom stereocenters. The van der Waals surface area contributed by atoms with Gasteiger partial charge in [-0.25, -0.2) is 4.98 Å². The zero-order valence-electron chi connectivity index (χ0n) is 16.2. The van der Waals surface area contributed by atoms with Crippen LogP contribution in [0.3, 0.4) is 0 Å². The van der Waals surface area contributed by atoms with Crippen molar-refractivity contribution in [3.8, 4) is 0 Å². The van der Waals surface area contributed by atoms with Gasteiger partial charge in [-0.1, -0.05) is 17.8 Å². The number of thioether (sulfide) groups is 1. The van der Waals surface area contributed by atoms with Gasteiger partial charge in [-0.15, -0.1) is 6.58 Å². The van der Waals surface area contributed by atoms with Crippen LogP contribution in [-0.2, 0) is 22.6 Å². The van der Waals surface area contributed by atoms with Crippen molar-refractivity contribution >= 4 is 28.6 Å². The summed E-state index contributed by atoms with van der Waals surface area (Å²) in [6.07, 6.45) is 2.88. The third kappa shape index (κ3) is 4.48. The molecule has 0 atom stereocenters. The van der Waals surface area contributed by atoms with E-state index in [1.807, 2.05) is 0 Å². The first-order valence-electron chi connectivity index (χ1n) is 9.48. The normalized spacial score (nSPS) is 14.3. The van der Waals surface area contributed by atoms with Crippen molar-refractivity contribution < 1.29 is 18.7 Å². The topological polar surface area (TPSA) is 95.6 Å². The number of rotatable bonds is 8. The summed E-state index contributed by atoms with van der Waals surface area (Å²) in [6, 6.07) is 8.42. The standard InChI is InChI=1S/C21H21N3O5S/c1-2-7-24-20(26)16-6-5-14(19(25)22-12-15-4-3-8-27-15)11-17(16)23-21(24)30-13-18-28-9-10-29-18/h2-6,8,11,18H,1,7,9-10,12-13H2,(H,22,25). The molecule has 3 heterocycles. The van der Waals surface area contributed by atoms with Gasteiger partial charge in [0, 0.05) is 12.1 Å². The second kappa shape index (κ2) is 9.29. The Labute approximate surface area is 176 Å². The van der Waals surface area contributed by atoms with Gasteiger partial charge >= 0.3 is 0 Å². The number of benzene rings is 1. The van der Waals surface area contributed by atoms with Gasteiger partial charge in [0.25, 0.3) is 11.5 Å². The molecule has 1 aliphatic rings. The van der Waals surface area contributed by atoms with E-state index in [4.69, 9.17) is 13.9 Å². The van der Waals surface area contributed by atoms with Gasteiger partial charge < -0.3 is 19.2 Å². The van der Waals surface area contributed by atoms with Gasteiger partial charge in [0.15, 0.2) is 11.4 Å². The molecule has 4 rings (SSSR count). The van der Waals surface area contributed by atoms with Gasteiger partial charge in [0.05, 0.1) is 42.7 Å². The van der Waals surface area contributed by atoms with Crippen molar-refractivity contribution in [2.45, 2.75) is 24.5 Å². The highest BCUT2D eigenvalue weighted by molar-refractivity contribution is 7.99. The lowest BCUT2D eigenvalue weighted by molar-refractivity contribution is -0.0215. The molecule has 1 fully saturated rings. The first kappa shape index (κ1) is 20.4. The van der Waals surface area contributed by atoms with Crippen LogP contribution in [0.1, 0.15) is 16.1 Å². The molecule has 1 saturated heterocycles.